The molecule has 5 aromatic rings. The van der Waals surface area contributed by atoms with E-state index >= 15 is 0 Å². The number of ether oxygens (including phenoxy) is 1. The number of hydrogen-bond acceptors (Lipinski definition) is 7. The number of fused-ring (bicyclic) bond motifs is 2. The molecule has 0 bridgehead atoms. The van der Waals surface area contributed by atoms with Gasteiger partial charge in [-0.25, -0.2) is 14.3 Å². The molecule has 0 aliphatic heterocycles. The van der Waals surface area contributed by atoms with Gasteiger partial charge in [0.15, 0.2) is 5.82 Å². The van der Waals surface area contributed by atoms with Gasteiger partial charge in [0, 0.05) is 25.7 Å². The third-order valence-electron chi connectivity index (χ3n) is 5.69. The fraction of sp³-hybridized carbons (Fsp3) is 0.292. The fourth-order valence-electron chi connectivity index (χ4n) is 4.16. The summed E-state index contributed by atoms with van der Waals surface area (Å²) in [7, 11) is 0. The Morgan fingerprint density at radius 1 is 1.09 bits per heavy atom. The van der Waals surface area contributed by atoms with Gasteiger partial charge in [0.05, 0.1) is 41.4 Å². The van der Waals surface area contributed by atoms with Crippen LogP contribution in [0, 0.1) is 6.92 Å². The van der Waals surface area contributed by atoms with Crippen molar-refractivity contribution >= 4 is 28.0 Å². The van der Waals surface area contributed by atoms with Gasteiger partial charge < -0.3 is 13.8 Å². The topological polar surface area (TPSA) is 110 Å². The molecule has 0 saturated carbocycles. The second-order valence-corrected chi connectivity index (χ2v) is 8.08. The number of para-hydroxylation sites is 2. The number of unbranched alkanes of at least 4 members (excludes halogenated alkanes) is 1. The molecule has 0 spiro atoms. The minimum absolute atomic E-state index is 0.246. The largest absolute Gasteiger partial charge is 0.466 e. The number of carbonyl (C=O) groups is 1. The normalized spacial score (nSPS) is 11.5. The van der Waals surface area contributed by atoms with E-state index in [1.807, 2.05) is 24.3 Å². The maximum absolute atomic E-state index is 13.5. The van der Waals surface area contributed by atoms with E-state index in [1.54, 1.807) is 36.0 Å². The Balaban J connectivity index is 1.54. The van der Waals surface area contributed by atoms with Crippen molar-refractivity contribution in [1.82, 2.24) is 28.8 Å². The molecule has 1 aromatic carbocycles. The van der Waals surface area contributed by atoms with Crippen molar-refractivity contribution in [2.75, 3.05) is 6.61 Å². The third-order valence-corrected chi connectivity index (χ3v) is 5.69. The Hall–Kier alpha value is -4.21. The number of nitrogens with zero attached hydrogens (tertiary/aromatic N) is 6. The number of imidazole rings is 2. The van der Waals surface area contributed by atoms with E-state index < -0.39 is 0 Å². The highest BCUT2D eigenvalue weighted by molar-refractivity contribution is 5.78. The highest BCUT2D eigenvalue weighted by Crippen LogP contribution is 2.21. The summed E-state index contributed by atoms with van der Waals surface area (Å²) >= 11 is 0. The smallest absolute Gasteiger partial charge is 0.335 e. The SMILES string of the molecule is CC(=O)OCCCCn1c(Cn2c(=O)n(-c3cc(C)on3)c3ccncc32)nc2ccccc21. The molecule has 0 radical (unpaired) electrons. The summed E-state index contributed by atoms with van der Waals surface area (Å²) in [5.41, 5.74) is 2.98. The van der Waals surface area contributed by atoms with Crippen LogP contribution in [0.4, 0.5) is 0 Å². The molecule has 0 aliphatic rings. The number of carbonyl (C=O) groups excluding carboxylic acids is 1. The first-order valence-corrected chi connectivity index (χ1v) is 11.1. The molecule has 4 aromatic heterocycles. The van der Waals surface area contributed by atoms with Crippen LogP contribution in [0.25, 0.3) is 27.9 Å². The zero-order chi connectivity index (χ0) is 23.7. The molecule has 0 fully saturated rings. The molecule has 4 heterocycles. The molecule has 0 amide bonds. The molecule has 174 valence electrons. The Morgan fingerprint density at radius 3 is 2.74 bits per heavy atom. The van der Waals surface area contributed by atoms with E-state index in [0.29, 0.717) is 35.8 Å². The Kier molecular flexibility index (Phi) is 5.70. The number of esters is 1. The zero-order valence-corrected chi connectivity index (χ0v) is 19.0. The first-order valence-electron chi connectivity index (χ1n) is 11.1. The third kappa shape index (κ3) is 3.98. The minimum atomic E-state index is -0.277. The van der Waals surface area contributed by atoms with Crippen molar-refractivity contribution in [3.8, 4) is 5.82 Å². The van der Waals surface area contributed by atoms with E-state index in [9.17, 15) is 9.59 Å². The highest BCUT2D eigenvalue weighted by Gasteiger charge is 2.20. The molecule has 10 nitrogen and oxygen atoms in total. The number of aromatic nitrogens is 6. The van der Waals surface area contributed by atoms with Crippen LogP contribution >= 0.6 is 0 Å². The van der Waals surface area contributed by atoms with Crippen molar-refractivity contribution in [2.45, 2.75) is 39.8 Å². The van der Waals surface area contributed by atoms with Crippen LogP contribution in [-0.4, -0.2) is 41.4 Å². The predicted molar refractivity (Wildman–Crippen MR) is 125 cm³/mol. The van der Waals surface area contributed by atoms with Crippen molar-refractivity contribution in [3.05, 3.63) is 70.9 Å². The number of pyridine rings is 1. The van der Waals surface area contributed by atoms with Crippen LogP contribution in [0.5, 0.6) is 0 Å². The van der Waals surface area contributed by atoms with Crippen molar-refractivity contribution < 1.29 is 14.1 Å². The standard InChI is InChI=1S/C24H24N6O4/c1-16-13-22(27-34-16)30-20-9-10-25-14-21(20)29(24(30)32)15-23-26-18-7-3-4-8-19(18)28(23)11-5-6-12-33-17(2)31/h3-4,7-10,13-14H,5-6,11-12,15H2,1-2H3. The summed E-state index contributed by atoms with van der Waals surface area (Å²) in [4.78, 5) is 33.6. The Morgan fingerprint density at radius 2 is 1.94 bits per heavy atom. The molecule has 0 N–H and O–H groups in total. The van der Waals surface area contributed by atoms with Crippen LogP contribution in [0.2, 0.25) is 0 Å². The second-order valence-electron chi connectivity index (χ2n) is 8.08. The summed E-state index contributed by atoms with van der Waals surface area (Å²) in [5, 5.41) is 4.04. The maximum Gasteiger partial charge on any atom is 0.335 e. The second kappa shape index (κ2) is 8.97. The first kappa shape index (κ1) is 21.6. The molecule has 10 heteroatoms. The lowest BCUT2D eigenvalue weighted by Gasteiger charge is -2.10. The number of aryl methyl sites for hydroxylation is 2. The lowest BCUT2D eigenvalue weighted by molar-refractivity contribution is -0.141. The van der Waals surface area contributed by atoms with Gasteiger partial charge in [-0.15, -0.1) is 0 Å². The van der Waals surface area contributed by atoms with E-state index in [1.165, 1.54) is 11.5 Å². The summed E-state index contributed by atoms with van der Waals surface area (Å²) in [6.45, 7) is 4.53. The monoisotopic (exact) mass is 460 g/mol. The van der Waals surface area contributed by atoms with Gasteiger partial charge in [0.25, 0.3) is 0 Å². The fourth-order valence-corrected chi connectivity index (χ4v) is 4.16. The lowest BCUT2D eigenvalue weighted by Crippen LogP contribution is -2.25. The van der Waals surface area contributed by atoms with Crippen LogP contribution < -0.4 is 5.69 Å². The molecule has 0 saturated heterocycles. The van der Waals surface area contributed by atoms with Gasteiger partial charge >= 0.3 is 11.7 Å². The van der Waals surface area contributed by atoms with Gasteiger partial charge in [-0.1, -0.05) is 17.3 Å². The van der Waals surface area contributed by atoms with E-state index in [-0.39, 0.29) is 18.2 Å². The van der Waals surface area contributed by atoms with Crippen LogP contribution in [0.3, 0.4) is 0 Å². The molecule has 5 rings (SSSR count). The average molecular weight is 460 g/mol. The number of rotatable bonds is 8. The summed E-state index contributed by atoms with van der Waals surface area (Å²) < 4.78 is 15.6. The highest BCUT2D eigenvalue weighted by atomic mass is 16.5. The molecule has 0 atom stereocenters. The summed E-state index contributed by atoms with van der Waals surface area (Å²) in [6, 6.07) is 11.4. The zero-order valence-electron chi connectivity index (χ0n) is 19.0. The Labute approximate surface area is 194 Å². The number of benzene rings is 1. The van der Waals surface area contributed by atoms with Crippen LogP contribution in [0.1, 0.15) is 31.4 Å². The van der Waals surface area contributed by atoms with Crippen molar-refractivity contribution in [2.24, 2.45) is 0 Å². The van der Waals surface area contributed by atoms with Crippen molar-refractivity contribution in [1.29, 1.82) is 0 Å². The van der Waals surface area contributed by atoms with Gasteiger partial charge in [0.1, 0.15) is 11.6 Å². The van der Waals surface area contributed by atoms with Gasteiger partial charge in [-0.2, -0.15) is 0 Å². The van der Waals surface area contributed by atoms with E-state index in [0.717, 1.165) is 29.7 Å². The van der Waals surface area contributed by atoms with Crippen LogP contribution in [-0.2, 0) is 22.6 Å². The molecular formula is C24H24N6O4. The van der Waals surface area contributed by atoms with Crippen molar-refractivity contribution in [3.63, 3.8) is 0 Å². The van der Waals surface area contributed by atoms with E-state index in [2.05, 4.69) is 14.7 Å². The average Bonchev–Trinajstić information content (AvgIpc) is 3.48. The van der Waals surface area contributed by atoms with Crippen LogP contribution in [0.15, 0.2) is 58.1 Å². The van der Waals surface area contributed by atoms with E-state index in [4.69, 9.17) is 14.2 Å². The van der Waals surface area contributed by atoms with Gasteiger partial charge in [-0.05, 0) is 38.0 Å². The summed E-state index contributed by atoms with van der Waals surface area (Å²) in [6.07, 6.45) is 4.86. The number of hydrogen-bond donors (Lipinski definition) is 0. The lowest BCUT2D eigenvalue weighted by atomic mass is 10.3. The molecule has 0 aliphatic carbocycles. The molecular weight excluding hydrogens is 436 g/mol. The minimum Gasteiger partial charge on any atom is -0.466 e. The predicted octanol–water partition coefficient (Wildman–Crippen LogP) is 3.22. The summed E-state index contributed by atoms with van der Waals surface area (Å²) in [5.74, 6) is 1.53. The quantitative estimate of drug-likeness (QED) is 0.258. The van der Waals surface area contributed by atoms with Gasteiger partial charge in [0.2, 0.25) is 0 Å². The first-order chi connectivity index (χ1) is 16.5. The maximum atomic E-state index is 13.5. The van der Waals surface area contributed by atoms with Gasteiger partial charge in [-0.3, -0.25) is 14.3 Å². The molecule has 34 heavy (non-hydrogen) atoms. The Bertz CT molecular complexity index is 1540. The molecule has 0 unspecified atom stereocenters.